The van der Waals surface area contributed by atoms with Crippen molar-refractivity contribution in [3.63, 3.8) is 0 Å². The summed E-state index contributed by atoms with van der Waals surface area (Å²) in [6.45, 7) is 9.08. The molecule has 0 saturated carbocycles. The average molecular weight is 987 g/mol. The number of hydrogen-bond acceptors (Lipinski definition) is 12. The van der Waals surface area contributed by atoms with Gasteiger partial charge in [0.15, 0.2) is 6.10 Å². The molecule has 12 heteroatoms. The average Bonchev–Trinajstić information content (AvgIpc) is 3.36. The Labute approximate surface area is 424 Å². The van der Waals surface area contributed by atoms with Gasteiger partial charge in [0.05, 0.1) is 26.1 Å². The van der Waals surface area contributed by atoms with Crippen molar-refractivity contribution in [1.29, 1.82) is 0 Å². The number of carbonyl (C=O) groups excluding carboxylic acids is 6. The number of rotatable bonds is 48. The Bertz CT molecular complexity index is 1470. The molecule has 70 heavy (non-hydrogen) atoms. The molecule has 0 saturated heterocycles. The second kappa shape index (κ2) is 46.1. The van der Waals surface area contributed by atoms with Gasteiger partial charge in [0, 0.05) is 25.7 Å². The van der Waals surface area contributed by atoms with Crippen molar-refractivity contribution in [3.8, 4) is 0 Å². The molecular formula is C58H98O12. The van der Waals surface area contributed by atoms with Gasteiger partial charge in [-0.3, -0.25) is 28.8 Å². The second-order valence-electron chi connectivity index (χ2n) is 19.4. The van der Waals surface area contributed by atoms with Gasteiger partial charge in [-0.15, -0.1) is 0 Å². The Hall–Kier alpha value is -3.96. The molecule has 12 nitrogen and oxygen atoms in total. The summed E-state index contributed by atoms with van der Waals surface area (Å²) in [5.41, 5.74) is 0.821. The first kappa shape index (κ1) is 64.1. The molecule has 2 unspecified atom stereocenters. The number of benzene rings is 1. The lowest BCUT2D eigenvalue weighted by Gasteiger charge is -2.18. The van der Waals surface area contributed by atoms with Crippen LogP contribution in [-0.4, -0.2) is 68.3 Å². The lowest BCUT2D eigenvalue weighted by Crippen LogP contribution is -2.31. The number of esters is 6. The van der Waals surface area contributed by atoms with E-state index in [-0.39, 0.29) is 70.3 Å². The summed E-state index contributed by atoms with van der Waals surface area (Å²) in [7, 11) is 0. The fourth-order valence-corrected chi connectivity index (χ4v) is 8.30. The van der Waals surface area contributed by atoms with Crippen LogP contribution in [0.2, 0.25) is 0 Å². The molecule has 0 heterocycles. The standard InChI is InChI=1S/C58H98O12/c1-5-9-13-17-19-24-34-49(32-22-15-11-7-3)44-65-53(59)38-28-29-40-55(61)68-47-52(48-69-57(63)43-42-56(62)67-46-51-36-26-21-27-37-51)70-58(64)41-31-30-39-54(60)66-45-50(33-23-16-12-8-4)35-25-20-18-14-10-6-2/h21,26-27,36-37,49-50,52H,5-20,22-25,28-35,38-48H2,1-4H3/t49?,50?,52-/m1/s1. The Balaban J connectivity index is 2.62. The summed E-state index contributed by atoms with van der Waals surface area (Å²) in [5, 5.41) is 0. The Morgan fingerprint density at radius 2 is 0.657 bits per heavy atom. The van der Waals surface area contributed by atoms with Crippen LogP contribution in [0.25, 0.3) is 0 Å². The van der Waals surface area contributed by atoms with Crippen LogP contribution in [0.5, 0.6) is 0 Å². The minimum Gasteiger partial charge on any atom is -0.465 e. The van der Waals surface area contributed by atoms with E-state index in [1.54, 1.807) is 0 Å². The molecule has 1 aromatic rings. The Morgan fingerprint density at radius 1 is 0.343 bits per heavy atom. The molecule has 0 spiro atoms. The third-order valence-electron chi connectivity index (χ3n) is 12.8. The highest BCUT2D eigenvalue weighted by atomic mass is 16.6. The number of hydrogen-bond donors (Lipinski definition) is 0. The molecule has 0 aromatic heterocycles. The summed E-state index contributed by atoms with van der Waals surface area (Å²) in [4.78, 5) is 76.0. The largest absolute Gasteiger partial charge is 0.465 e. The van der Waals surface area contributed by atoms with E-state index in [1.807, 2.05) is 30.3 Å². The maximum absolute atomic E-state index is 13.0. The Morgan fingerprint density at radius 3 is 1.06 bits per heavy atom. The van der Waals surface area contributed by atoms with Crippen molar-refractivity contribution in [2.45, 2.75) is 259 Å². The monoisotopic (exact) mass is 987 g/mol. The maximum atomic E-state index is 13.0. The molecule has 1 aromatic carbocycles. The van der Waals surface area contributed by atoms with E-state index in [0.29, 0.717) is 50.7 Å². The zero-order valence-electron chi connectivity index (χ0n) is 44.6. The van der Waals surface area contributed by atoms with Crippen LogP contribution in [0.15, 0.2) is 30.3 Å². The summed E-state index contributed by atoms with van der Waals surface area (Å²) in [6, 6.07) is 9.19. The topological polar surface area (TPSA) is 158 Å². The molecule has 0 aliphatic heterocycles. The molecule has 0 bridgehead atoms. The molecule has 0 N–H and O–H groups in total. The van der Waals surface area contributed by atoms with Crippen LogP contribution in [0.1, 0.15) is 252 Å². The van der Waals surface area contributed by atoms with Crippen LogP contribution in [0.4, 0.5) is 0 Å². The molecule has 0 fully saturated rings. The normalized spacial score (nSPS) is 12.4. The SMILES string of the molecule is CCCCCCCCC(CCCCCC)COC(=O)CCCCC(=O)OC[C@H](COC(=O)CCC(=O)OCc1ccccc1)OC(=O)CCCCC(=O)OCC(CCCCCC)CCCCCCCC. The minimum atomic E-state index is -1.09. The summed E-state index contributed by atoms with van der Waals surface area (Å²) in [5.74, 6) is -2.17. The van der Waals surface area contributed by atoms with Crippen molar-refractivity contribution in [1.82, 2.24) is 0 Å². The van der Waals surface area contributed by atoms with Gasteiger partial charge >= 0.3 is 35.8 Å². The molecule has 402 valence electrons. The number of ether oxygens (including phenoxy) is 6. The fourth-order valence-electron chi connectivity index (χ4n) is 8.30. The fraction of sp³-hybridized carbons (Fsp3) is 0.793. The van der Waals surface area contributed by atoms with E-state index < -0.39 is 30.0 Å². The Kier molecular flexibility index (Phi) is 42.2. The van der Waals surface area contributed by atoms with Crippen molar-refractivity contribution in [2.24, 2.45) is 11.8 Å². The summed E-state index contributed by atoms with van der Waals surface area (Å²) >= 11 is 0. The number of carbonyl (C=O) groups is 6. The van der Waals surface area contributed by atoms with Crippen LogP contribution >= 0.6 is 0 Å². The highest BCUT2D eigenvalue weighted by Gasteiger charge is 2.21. The van der Waals surface area contributed by atoms with Crippen molar-refractivity contribution >= 4 is 35.8 Å². The van der Waals surface area contributed by atoms with Gasteiger partial charge in [0.1, 0.15) is 19.8 Å². The van der Waals surface area contributed by atoms with Gasteiger partial charge in [0.2, 0.25) is 0 Å². The first-order valence-corrected chi connectivity index (χ1v) is 28.1. The summed E-state index contributed by atoms with van der Waals surface area (Å²) in [6.07, 6.45) is 29.2. The van der Waals surface area contributed by atoms with E-state index in [9.17, 15) is 28.8 Å². The smallest absolute Gasteiger partial charge is 0.306 e. The number of unbranched alkanes of at least 4 members (excludes halogenated alkanes) is 18. The minimum absolute atomic E-state index is 0.00572. The van der Waals surface area contributed by atoms with Crippen LogP contribution < -0.4 is 0 Å². The lowest BCUT2D eigenvalue weighted by atomic mass is 9.95. The van der Waals surface area contributed by atoms with E-state index in [4.69, 9.17) is 28.4 Å². The van der Waals surface area contributed by atoms with Gasteiger partial charge < -0.3 is 28.4 Å². The maximum Gasteiger partial charge on any atom is 0.306 e. The van der Waals surface area contributed by atoms with Gasteiger partial charge in [-0.05, 0) is 68.8 Å². The highest BCUT2D eigenvalue weighted by molar-refractivity contribution is 5.77. The molecule has 3 atom stereocenters. The zero-order valence-corrected chi connectivity index (χ0v) is 44.6. The first-order valence-electron chi connectivity index (χ1n) is 28.1. The summed E-state index contributed by atoms with van der Waals surface area (Å²) < 4.78 is 33.0. The van der Waals surface area contributed by atoms with Crippen molar-refractivity contribution in [3.05, 3.63) is 35.9 Å². The molecule has 0 amide bonds. The molecule has 0 aliphatic rings. The van der Waals surface area contributed by atoms with Crippen molar-refractivity contribution < 1.29 is 57.2 Å². The van der Waals surface area contributed by atoms with Gasteiger partial charge in [0.25, 0.3) is 0 Å². The highest BCUT2D eigenvalue weighted by Crippen LogP contribution is 2.22. The first-order chi connectivity index (χ1) is 34.1. The molecule has 0 aliphatic carbocycles. The lowest BCUT2D eigenvalue weighted by molar-refractivity contribution is -0.167. The van der Waals surface area contributed by atoms with Gasteiger partial charge in [-0.25, -0.2) is 0 Å². The molecule has 1 rings (SSSR count). The van der Waals surface area contributed by atoms with Crippen molar-refractivity contribution in [2.75, 3.05) is 26.4 Å². The predicted octanol–water partition coefficient (Wildman–Crippen LogP) is 14.4. The van der Waals surface area contributed by atoms with Crippen LogP contribution in [0.3, 0.4) is 0 Å². The quantitative estimate of drug-likeness (QED) is 0.0346. The second-order valence-corrected chi connectivity index (χ2v) is 19.4. The van der Waals surface area contributed by atoms with E-state index in [0.717, 1.165) is 56.9 Å². The molecule has 0 radical (unpaired) electrons. The van der Waals surface area contributed by atoms with Gasteiger partial charge in [-0.2, -0.15) is 0 Å². The van der Waals surface area contributed by atoms with E-state index in [2.05, 4.69) is 27.7 Å². The van der Waals surface area contributed by atoms with E-state index >= 15 is 0 Å². The van der Waals surface area contributed by atoms with Crippen LogP contribution in [0, 0.1) is 11.8 Å². The predicted molar refractivity (Wildman–Crippen MR) is 277 cm³/mol. The third kappa shape index (κ3) is 39.7. The van der Waals surface area contributed by atoms with Gasteiger partial charge in [-0.1, -0.05) is 186 Å². The van der Waals surface area contributed by atoms with Crippen LogP contribution in [-0.2, 0) is 63.8 Å². The zero-order chi connectivity index (χ0) is 51.1. The third-order valence-corrected chi connectivity index (χ3v) is 12.8. The molecular weight excluding hydrogens is 889 g/mol. The van der Waals surface area contributed by atoms with E-state index in [1.165, 1.54) is 103 Å².